The minimum absolute atomic E-state index is 0.134. The quantitative estimate of drug-likeness (QED) is 0.760. The molecule has 0 amide bonds. The average Bonchev–Trinajstić information content (AvgIpc) is 2.61. The van der Waals surface area contributed by atoms with Gasteiger partial charge in [0.1, 0.15) is 0 Å². The van der Waals surface area contributed by atoms with E-state index in [1.54, 1.807) is 0 Å². The van der Waals surface area contributed by atoms with Gasteiger partial charge in [-0.2, -0.15) is 5.10 Å². The van der Waals surface area contributed by atoms with Crippen molar-refractivity contribution in [2.24, 2.45) is 7.05 Å². The first-order chi connectivity index (χ1) is 7.63. The summed E-state index contributed by atoms with van der Waals surface area (Å²) in [6.45, 7) is 7.22. The van der Waals surface area contributed by atoms with Crippen molar-refractivity contribution in [1.82, 2.24) is 15.1 Å². The van der Waals surface area contributed by atoms with Crippen LogP contribution in [0.3, 0.4) is 0 Å². The number of aryl methyl sites for hydroxylation is 2. The molecule has 0 fully saturated rings. The molecule has 4 nitrogen and oxygen atoms in total. The standard InChI is InChI=1S/C12H23N3O/c1-5-11-10(7-13-9(3)8-16)12(6-2)15(4)14-11/h9,13,16H,5-8H2,1-4H3/t9-/m0/s1. The third kappa shape index (κ3) is 2.83. The summed E-state index contributed by atoms with van der Waals surface area (Å²) in [5.41, 5.74) is 3.75. The van der Waals surface area contributed by atoms with Gasteiger partial charge in [-0.15, -0.1) is 0 Å². The molecule has 1 aromatic rings. The summed E-state index contributed by atoms with van der Waals surface area (Å²) in [7, 11) is 2.00. The van der Waals surface area contributed by atoms with Gasteiger partial charge in [0.15, 0.2) is 0 Å². The Morgan fingerprint density at radius 2 is 2.06 bits per heavy atom. The van der Waals surface area contributed by atoms with Gasteiger partial charge in [-0.1, -0.05) is 13.8 Å². The zero-order chi connectivity index (χ0) is 12.1. The lowest BCUT2D eigenvalue weighted by Crippen LogP contribution is -2.29. The molecule has 0 bridgehead atoms. The predicted octanol–water partition coefficient (Wildman–Crippen LogP) is 1.02. The van der Waals surface area contributed by atoms with Gasteiger partial charge in [0.25, 0.3) is 0 Å². The van der Waals surface area contributed by atoms with Gasteiger partial charge >= 0.3 is 0 Å². The number of aromatic nitrogens is 2. The SMILES string of the molecule is CCc1nn(C)c(CC)c1CN[C@@H](C)CO. The van der Waals surface area contributed by atoms with E-state index in [1.165, 1.54) is 11.3 Å². The molecule has 0 aromatic carbocycles. The van der Waals surface area contributed by atoms with Crippen molar-refractivity contribution in [3.8, 4) is 0 Å². The molecule has 92 valence electrons. The Morgan fingerprint density at radius 3 is 2.56 bits per heavy atom. The molecule has 0 aliphatic rings. The number of hydrogen-bond acceptors (Lipinski definition) is 3. The summed E-state index contributed by atoms with van der Waals surface area (Å²) >= 11 is 0. The zero-order valence-corrected chi connectivity index (χ0v) is 10.7. The molecule has 0 saturated carbocycles. The molecular formula is C12H23N3O. The van der Waals surface area contributed by atoms with Crippen LogP contribution in [0.2, 0.25) is 0 Å². The fourth-order valence-electron chi connectivity index (χ4n) is 1.93. The highest BCUT2D eigenvalue weighted by atomic mass is 16.3. The summed E-state index contributed by atoms with van der Waals surface area (Å²) in [5, 5.41) is 16.8. The molecule has 1 heterocycles. The Morgan fingerprint density at radius 1 is 1.38 bits per heavy atom. The highest BCUT2D eigenvalue weighted by molar-refractivity contribution is 5.26. The first-order valence-corrected chi connectivity index (χ1v) is 6.01. The van der Waals surface area contributed by atoms with Gasteiger partial charge in [0.05, 0.1) is 12.3 Å². The molecule has 0 radical (unpaired) electrons. The number of aliphatic hydroxyl groups is 1. The van der Waals surface area contributed by atoms with E-state index in [0.717, 1.165) is 25.1 Å². The van der Waals surface area contributed by atoms with Crippen LogP contribution >= 0.6 is 0 Å². The van der Waals surface area contributed by atoms with Crippen LogP contribution in [0.4, 0.5) is 0 Å². The second kappa shape index (κ2) is 6.01. The van der Waals surface area contributed by atoms with E-state index in [4.69, 9.17) is 5.11 Å². The normalized spacial score (nSPS) is 13.1. The van der Waals surface area contributed by atoms with E-state index >= 15 is 0 Å². The summed E-state index contributed by atoms with van der Waals surface area (Å²) in [6, 6.07) is 0.134. The lowest BCUT2D eigenvalue weighted by atomic mass is 10.1. The molecule has 2 N–H and O–H groups in total. The van der Waals surface area contributed by atoms with Gasteiger partial charge < -0.3 is 10.4 Å². The fourth-order valence-corrected chi connectivity index (χ4v) is 1.93. The molecule has 4 heteroatoms. The van der Waals surface area contributed by atoms with Gasteiger partial charge in [-0.25, -0.2) is 0 Å². The van der Waals surface area contributed by atoms with Crippen LogP contribution in [0.5, 0.6) is 0 Å². The molecule has 0 aliphatic heterocycles. The van der Waals surface area contributed by atoms with E-state index in [-0.39, 0.29) is 12.6 Å². The van der Waals surface area contributed by atoms with Gasteiger partial charge in [-0.05, 0) is 19.8 Å². The van der Waals surface area contributed by atoms with Crippen LogP contribution in [0, 0.1) is 0 Å². The average molecular weight is 225 g/mol. The van der Waals surface area contributed by atoms with Gasteiger partial charge in [0.2, 0.25) is 0 Å². The number of nitrogens with one attached hydrogen (secondary N) is 1. The van der Waals surface area contributed by atoms with E-state index in [1.807, 2.05) is 18.7 Å². The van der Waals surface area contributed by atoms with Crippen molar-refractivity contribution >= 4 is 0 Å². The minimum Gasteiger partial charge on any atom is -0.395 e. The Labute approximate surface area is 97.7 Å². The van der Waals surface area contributed by atoms with Crippen LogP contribution in [0.15, 0.2) is 0 Å². The van der Waals surface area contributed by atoms with Crippen molar-refractivity contribution in [2.75, 3.05) is 6.61 Å². The second-order valence-corrected chi connectivity index (χ2v) is 4.17. The summed E-state index contributed by atoms with van der Waals surface area (Å²) < 4.78 is 1.97. The van der Waals surface area contributed by atoms with Gasteiger partial charge in [-0.3, -0.25) is 4.68 Å². The molecule has 0 aliphatic carbocycles. The molecule has 1 atom stereocenters. The maximum absolute atomic E-state index is 8.99. The van der Waals surface area contributed by atoms with Crippen molar-refractivity contribution in [1.29, 1.82) is 0 Å². The minimum atomic E-state index is 0.134. The Kier molecular flexibility index (Phi) is 4.96. The number of hydrogen-bond donors (Lipinski definition) is 2. The van der Waals surface area contributed by atoms with Gasteiger partial charge in [0, 0.05) is 30.9 Å². The molecule has 16 heavy (non-hydrogen) atoms. The molecular weight excluding hydrogens is 202 g/mol. The molecule has 0 saturated heterocycles. The smallest absolute Gasteiger partial charge is 0.0669 e. The lowest BCUT2D eigenvalue weighted by molar-refractivity contribution is 0.251. The highest BCUT2D eigenvalue weighted by Crippen LogP contribution is 2.15. The Balaban J connectivity index is 2.83. The predicted molar refractivity (Wildman–Crippen MR) is 65.4 cm³/mol. The Hall–Kier alpha value is -0.870. The maximum Gasteiger partial charge on any atom is 0.0669 e. The van der Waals surface area contributed by atoms with Crippen molar-refractivity contribution in [3.05, 3.63) is 17.0 Å². The molecule has 1 rings (SSSR count). The van der Waals surface area contributed by atoms with E-state index in [9.17, 15) is 0 Å². The van der Waals surface area contributed by atoms with Crippen LogP contribution in [0.25, 0.3) is 0 Å². The maximum atomic E-state index is 8.99. The first-order valence-electron chi connectivity index (χ1n) is 6.01. The fraction of sp³-hybridized carbons (Fsp3) is 0.750. The van der Waals surface area contributed by atoms with E-state index in [0.29, 0.717) is 0 Å². The third-order valence-corrected chi connectivity index (χ3v) is 2.93. The summed E-state index contributed by atoms with van der Waals surface area (Å²) in [5.74, 6) is 0. The molecule has 0 spiro atoms. The van der Waals surface area contributed by atoms with Crippen molar-refractivity contribution in [2.45, 2.75) is 46.2 Å². The van der Waals surface area contributed by atoms with E-state index in [2.05, 4.69) is 24.3 Å². The van der Waals surface area contributed by atoms with Crippen molar-refractivity contribution in [3.63, 3.8) is 0 Å². The van der Waals surface area contributed by atoms with Crippen LogP contribution in [-0.4, -0.2) is 27.5 Å². The monoisotopic (exact) mass is 225 g/mol. The topological polar surface area (TPSA) is 50.1 Å². The molecule has 0 unspecified atom stereocenters. The lowest BCUT2D eigenvalue weighted by Gasteiger charge is -2.11. The highest BCUT2D eigenvalue weighted by Gasteiger charge is 2.13. The first kappa shape index (κ1) is 13.2. The van der Waals surface area contributed by atoms with Crippen LogP contribution in [-0.2, 0) is 26.4 Å². The largest absolute Gasteiger partial charge is 0.395 e. The van der Waals surface area contributed by atoms with Crippen LogP contribution in [0.1, 0.15) is 37.7 Å². The summed E-state index contributed by atoms with van der Waals surface area (Å²) in [4.78, 5) is 0. The van der Waals surface area contributed by atoms with Crippen LogP contribution < -0.4 is 5.32 Å². The van der Waals surface area contributed by atoms with E-state index < -0.39 is 0 Å². The summed E-state index contributed by atoms with van der Waals surface area (Å²) in [6.07, 6.45) is 1.95. The number of rotatable bonds is 6. The zero-order valence-electron chi connectivity index (χ0n) is 10.7. The third-order valence-electron chi connectivity index (χ3n) is 2.93. The Bertz CT molecular complexity index is 333. The molecule has 1 aromatic heterocycles. The number of aliphatic hydroxyl groups excluding tert-OH is 1. The van der Waals surface area contributed by atoms with Crippen molar-refractivity contribution < 1.29 is 5.11 Å². The number of nitrogens with zero attached hydrogens (tertiary/aromatic N) is 2. The second-order valence-electron chi connectivity index (χ2n) is 4.17.